The molecule has 0 fully saturated rings. The molecule has 0 bridgehead atoms. The summed E-state index contributed by atoms with van der Waals surface area (Å²) in [7, 11) is 2.10. The fourth-order valence-electron chi connectivity index (χ4n) is 2.01. The molecule has 1 aromatic carbocycles. The molecule has 0 radical (unpaired) electrons. The van der Waals surface area contributed by atoms with Crippen molar-refractivity contribution in [3.05, 3.63) is 52.6 Å². The minimum absolute atomic E-state index is 0.872. The third-order valence-corrected chi connectivity index (χ3v) is 3.54. The van der Waals surface area contributed by atoms with Crippen molar-refractivity contribution in [3.63, 3.8) is 0 Å². The number of rotatable bonds is 6. The second kappa shape index (κ2) is 7.29. The topological polar surface area (TPSA) is 28.2 Å². The highest BCUT2D eigenvalue weighted by Crippen LogP contribution is 2.19. The van der Waals surface area contributed by atoms with Gasteiger partial charge >= 0.3 is 0 Å². The first-order chi connectivity index (χ1) is 9.69. The van der Waals surface area contributed by atoms with Crippen LogP contribution in [0.25, 0.3) is 0 Å². The van der Waals surface area contributed by atoms with Crippen molar-refractivity contribution < 1.29 is 0 Å². The summed E-state index contributed by atoms with van der Waals surface area (Å²) in [5.41, 5.74) is 2.44. The van der Waals surface area contributed by atoms with Gasteiger partial charge in [0.2, 0.25) is 0 Å². The van der Waals surface area contributed by atoms with Crippen LogP contribution >= 0.6 is 15.9 Å². The Balaban J connectivity index is 2.06. The van der Waals surface area contributed by atoms with Crippen LogP contribution in [0.2, 0.25) is 0 Å². The number of hydrogen-bond acceptors (Lipinski definition) is 3. The first-order valence-electron chi connectivity index (χ1n) is 6.84. The molecule has 0 aliphatic carbocycles. The minimum atomic E-state index is 0.872. The Morgan fingerprint density at radius 1 is 1.25 bits per heavy atom. The van der Waals surface area contributed by atoms with E-state index in [0.29, 0.717) is 0 Å². The molecule has 0 unspecified atom stereocenters. The maximum absolute atomic E-state index is 4.34. The van der Waals surface area contributed by atoms with Gasteiger partial charge in [-0.25, -0.2) is 4.98 Å². The Bertz CT molecular complexity index is 557. The van der Waals surface area contributed by atoms with Crippen molar-refractivity contribution >= 4 is 27.4 Å². The zero-order valence-corrected chi connectivity index (χ0v) is 13.5. The van der Waals surface area contributed by atoms with Crippen LogP contribution in [0.3, 0.4) is 0 Å². The lowest BCUT2D eigenvalue weighted by Gasteiger charge is -2.20. The summed E-state index contributed by atoms with van der Waals surface area (Å²) in [6.45, 7) is 3.97. The van der Waals surface area contributed by atoms with E-state index in [4.69, 9.17) is 0 Å². The van der Waals surface area contributed by atoms with E-state index in [1.165, 1.54) is 11.3 Å². The summed E-state index contributed by atoms with van der Waals surface area (Å²) < 4.78 is 1.11. The lowest BCUT2D eigenvalue weighted by atomic mass is 10.2. The highest BCUT2D eigenvalue weighted by atomic mass is 79.9. The van der Waals surface area contributed by atoms with Crippen molar-refractivity contribution in [1.82, 2.24) is 4.98 Å². The van der Waals surface area contributed by atoms with Crippen LogP contribution in [0.5, 0.6) is 0 Å². The van der Waals surface area contributed by atoms with E-state index in [1.54, 1.807) is 0 Å². The molecule has 20 heavy (non-hydrogen) atoms. The van der Waals surface area contributed by atoms with Gasteiger partial charge in [-0.15, -0.1) is 0 Å². The molecule has 0 atom stereocenters. The molecule has 106 valence electrons. The average Bonchev–Trinajstić information content (AvgIpc) is 2.45. The average molecular weight is 334 g/mol. The molecule has 0 saturated heterocycles. The van der Waals surface area contributed by atoms with Gasteiger partial charge in [-0.1, -0.05) is 35.0 Å². The molecule has 4 heteroatoms. The summed E-state index contributed by atoms with van der Waals surface area (Å²) in [5, 5.41) is 3.32. The Morgan fingerprint density at radius 2 is 2.10 bits per heavy atom. The van der Waals surface area contributed by atoms with Crippen LogP contribution in [0, 0.1) is 0 Å². The van der Waals surface area contributed by atoms with Crippen LogP contribution < -0.4 is 10.2 Å². The van der Waals surface area contributed by atoms with Crippen molar-refractivity contribution in [2.75, 3.05) is 23.8 Å². The highest BCUT2D eigenvalue weighted by molar-refractivity contribution is 9.10. The molecular weight excluding hydrogens is 314 g/mol. The zero-order chi connectivity index (χ0) is 14.4. The number of benzene rings is 1. The maximum atomic E-state index is 4.34. The van der Waals surface area contributed by atoms with Crippen molar-refractivity contribution in [1.29, 1.82) is 0 Å². The molecule has 1 aromatic heterocycles. The van der Waals surface area contributed by atoms with Gasteiger partial charge in [0.05, 0.1) is 0 Å². The second-order valence-electron chi connectivity index (χ2n) is 4.81. The number of aromatic nitrogens is 1. The predicted octanol–water partition coefficient (Wildman–Crippen LogP) is 4.30. The molecular formula is C16H20BrN3. The number of nitrogens with zero attached hydrogens (tertiary/aromatic N) is 2. The summed E-state index contributed by atoms with van der Waals surface area (Å²) in [6, 6.07) is 12.5. The van der Waals surface area contributed by atoms with Gasteiger partial charge in [0.1, 0.15) is 5.82 Å². The van der Waals surface area contributed by atoms with Crippen LogP contribution in [0.4, 0.5) is 11.5 Å². The largest absolute Gasteiger partial charge is 0.370 e. The van der Waals surface area contributed by atoms with E-state index < -0.39 is 0 Å². The zero-order valence-electron chi connectivity index (χ0n) is 11.9. The van der Waals surface area contributed by atoms with Gasteiger partial charge in [-0.3, -0.25) is 0 Å². The Labute approximate surface area is 129 Å². The fraction of sp³-hybridized carbons (Fsp3) is 0.312. The summed E-state index contributed by atoms with van der Waals surface area (Å²) in [5.74, 6) is 0.936. The summed E-state index contributed by atoms with van der Waals surface area (Å²) in [4.78, 5) is 6.56. The third kappa shape index (κ3) is 4.23. The summed E-state index contributed by atoms with van der Waals surface area (Å²) in [6.07, 6.45) is 2.95. The Kier molecular flexibility index (Phi) is 5.41. The molecule has 2 rings (SSSR count). The van der Waals surface area contributed by atoms with Gasteiger partial charge in [-0.05, 0) is 30.2 Å². The predicted molar refractivity (Wildman–Crippen MR) is 89.3 cm³/mol. The van der Waals surface area contributed by atoms with Gasteiger partial charge in [0.15, 0.2) is 0 Å². The quantitative estimate of drug-likeness (QED) is 0.854. The lowest BCUT2D eigenvalue weighted by molar-refractivity contribution is 0.917. The first kappa shape index (κ1) is 14.9. The number of nitrogens with one attached hydrogen (secondary N) is 1. The van der Waals surface area contributed by atoms with Crippen molar-refractivity contribution in [2.24, 2.45) is 0 Å². The second-order valence-corrected chi connectivity index (χ2v) is 5.73. The molecule has 2 aromatic rings. The fourth-order valence-corrected chi connectivity index (χ4v) is 2.45. The molecule has 0 aliphatic heterocycles. The van der Waals surface area contributed by atoms with Crippen LogP contribution in [-0.4, -0.2) is 18.6 Å². The van der Waals surface area contributed by atoms with Crippen molar-refractivity contribution in [3.8, 4) is 0 Å². The van der Waals surface area contributed by atoms with E-state index in [9.17, 15) is 0 Å². The molecule has 0 saturated carbocycles. The van der Waals surface area contributed by atoms with E-state index in [1.807, 2.05) is 18.3 Å². The van der Waals surface area contributed by atoms with Crippen molar-refractivity contribution in [2.45, 2.75) is 19.9 Å². The van der Waals surface area contributed by atoms with E-state index in [2.05, 4.69) is 69.4 Å². The minimum Gasteiger partial charge on any atom is -0.370 e. The normalized spacial score (nSPS) is 10.3. The lowest BCUT2D eigenvalue weighted by Crippen LogP contribution is -2.16. The monoisotopic (exact) mass is 333 g/mol. The van der Waals surface area contributed by atoms with E-state index in [-0.39, 0.29) is 0 Å². The van der Waals surface area contributed by atoms with Crippen LogP contribution in [0.1, 0.15) is 18.9 Å². The van der Waals surface area contributed by atoms with Gasteiger partial charge in [0, 0.05) is 42.6 Å². The van der Waals surface area contributed by atoms with Gasteiger partial charge in [0.25, 0.3) is 0 Å². The number of halogens is 1. The van der Waals surface area contributed by atoms with E-state index >= 15 is 0 Å². The Hall–Kier alpha value is -1.55. The molecule has 1 heterocycles. The summed E-state index contributed by atoms with van der Waals surface area (Å²) >= 11 is 3.51. The molecule has 0 spiro atoms. The standard InChI is InChI=1S/C16H20BrN3/c1-3-8-18-16-11-15(7-9-19-16)20(2)12-13-5-4-6-14(17)10-13/h4-7,9-11H,3,8,12H2,1-2H3,(H,18,19). The van der Waals surface area contributed by atoms with Gasteiger partial charge in [-0.2, -0.15) is 0 Å². The molecule has 0 amide bonds. The van der Waals surface area contributed by atoms with E-state index in [0.717, 1.165) is 29.8 Å². The molecule has 0 aliphatic rings. The Morgan fingerprint density at radius 3 is 2.85 bits per heavy atom. The van der Waals surface area contributed by atoms with Crippen LogP contribution in [-0.2, 0) is 6.54 Å². The number of hydrogen-bond donors (Lipinski definition) is 1. The molecule has 1 N–H and O–H groups in total. The first-order valence-corrected chi connectivity index (χ1v) is 7.64. The van der Waals surface area contributed by atoms with Crippen LogP contribution in [0.15, 0.2) is 47.1 Å². The highest BCUT2D eigenvalue weighted by Gasteiger charge is 2.04. The van der Waals surface area contributed by atoms with Gasteiger partial charge < -0.3 is 10.2 Å². The number of anilines is 2. The maximum Gasteiger partial charge on any atom is 0.127 e. The SMILES string of the molecule is CCCNc1cc(N(C)Cc2cccc(Br)c2)ccn1. The number of pyridine rings is 1. The third-order valence-electron chi connectivity index (χ3n) is 3.05. The molecule has 3 nitrogen and oxygen atoms in total. The smallest absolute Gasteiger partial charge is 0.127 e.